The Morgan fingerprint density at radius 3 is 2.21 bits per heavy atom. The molecule has 0 radical (unpaired) electrons. The van der Waals surface area contributed by atoms with Gasteiger partial charge in [-0.3, -0.25) is 4.79 Å². The molecule has 0 saturated carbocycles. The number of carbonyl (C=O) groups excluding carboxylic acids is 1. The topological polar surface area (TPSA) is 55.1 Å². The van der Waals surface area contributed by atoms with E-state index in [1.807, 2.05) is 0 Å². The maximum absolute atomic E-state index is 11.8. The molecule has 0 spiro atoms. The molecule has 0 saturated heterocycles. The van der Waals surface area contributed by atoms with Crippen molar-refractivity contribution in [3.63, 3.8) is 0 Å². The average molecular weight is 262 g/mol. The third-order valence-electron chi connectivity index (χ3n) is 3.44. The standard InChI is InChI=1S/C16H26N2O/c1-5-12-6-8-13(9-7-12)11-18-15(19)10-14(17)16(2,3)4/h6-9,14H,5,10-11,17H2,1-4H3,(H,18,19). The van der Waals surface area contributed by atoms with Crippen molar-refractivity contribution in [2.75, 3.05) is 0 Å². The highest BCUT2D eigenvalue weighted by Crippen LogP contribution is 2.19. The average Bonchev–Trinajstić information content (AvgIpc) is 2.35. The largest absolute Gasteiger partial charge is 0.352 e. The van der Waals surface area contributed by atoms with Crippen LogP contribution in [-0.4, -0.2) is 11.9 Å². The van der Waals surface area contributed by atoms with E-state index in [0.717, 1.165) is 12.0 Å². The zero-order valence-corrected chi connectivity index (χ0v) is 12.5. The number of benzene rings is 1. The molecular weight excluding hydrogens is 236 g/mol. The van der Waals surface area contributed by atoms with Gasteiger partial charge in [0.25, 0.3) is 0 Å². The van der Waals surface area contributed by atoms with Crippen molar-refractivity contribution in [3.05, 3.63) is 35.4 Å². The molecule has 106 valence electrons. The summed E-state index contributed by atoms with van der Waals surface area (Å²) in [5.74, 6) is 0.0157. The van der Waals surface area contributed by atoms with Crippen molar-refractivity contribution in [2.24, 2.45) is 11.1 Å². The van der Waals surface area contributed by atoms with Crippen molar-refractivity contribution in [1.82, 2.24) is 5.32 Å². The Kier molecular flexibility index (Phi) is 5.55. The van der Waals surface area contributed by atoms with Gasteiger partial charge in [0.1, 0.15) is 0 Å². The summed E-state index contributed by atoms with van der Waals surface area (Å²) in [7, 11) is 0. The Morgan fingerprint density at radius 2 is 1.74 bits per heavy atom. The van der Waals surface area contributed by atoms with E-state index in [1.54, 1.807) is 0 Å². The van der Waals surface area contributed by atoms with Crippen LogP contribution in [0.15, 0.2) is 24.3 Å². The highest BCUT2D eigenvalue weighted by Gasteiger charge is 2.22. The fraction of sp³-hybridized carbons (Fsp3) is 0.562. The molecule has 0 fully saturated rings. The summed E-state index contributed by atoms with van der Waals surface area (Å²) in [5, 5.41) is 2.92. The first-order valence-corrected chi connectivity index (χ1v) is 6.93. The van der Waals surface area contributed by atoms with Gasteiger partial charge in [-0.15, -0.1) is 0 Å². The first-order valence-electron chi connectivity index (χ1n) is 6.93. The van der Waals surface area contributed by atoms with Gasteiger partial charge in [-0.1, -0.05) is 52.0 Å². The molecule has 0 heterocycles. The van der Waals surface area contributed by atoms with E-state index in [1.165, 1.54) is 5.56 Å². The molecule has 3 nitrogen and oxygen atoms in total. The Bertz CT molecular complexity index is 404. The zero-order chi connectivity index (χ0) is 14.5. The summed E-state index contributed by atoms with van der Waals surface area (Å²) < 4.78 is 0. The van der Waals surface area contributed by atoms with Crippen molar-refractivity contribution in [1.29, 1.82) is 0 Å². The Labute approximate surface area is 116 Å². The number of amides is 1. The highest BCUT2D eigenvalue weighted by atomic mass is 16.1. The second kappa shape index (κ2) is 6.71. The summed E-state index contributed by atoms with van der Waals surface area (Å²) in [6, 6.07) is 8.20. The van der Waals surface area contributed by atoms with E-state index in [4.69, 9.17) is 5.73 Å². The van der Waals surface area contributed by atoms with Crippen molar-refractivity contribution in [3.8, 4) is 0 Å². The molecule has 1 aromatic rings. The van der Waals surface area contributed by atoms with Crippen LogP contribution < -0.4 is 11.1 Å². The molecule has 0 aliphatic rings. The molecule has 1 rings (SSSR count). The maximum Gasteiger partial charge on any atom is 0.221 e. The molecule has 1 unspecified atom stereocenters. The van der Waals surface area contributed by atoms with E-state index in [-0.39, 0.29) is 17.4 Å². The predicted molar refractivity (Wildman–Crippen MR) is 79.7 cm³/mol. The van der Waals surface area contributed by atoms with Crippen molar-refractivity contribution >= 4 is 5.91 Å². The number of aryl methyl sites for hydroxylation is 1. The highest BCUT2D eigenvalue weighted by molar-refractivity contribution is 5.76. The summed E-state index contributed by atoms with van der Waals surface area (Å²) in [6.45, 7) is 8.85. The molecule has 3 N–H and O–H groups in total. The van der Waals surface area contributed by atoms with Crippen LogP contribution in [0, 0.1) is 5.41 Å². The monoisotopic (exact) mass is 262 g/mol. The molecule has 19 heavy (non-hydrogen) atoms. The minimum absolute atomic E-state index is 0.0157. The van der Waals surface area contributed by atoms with Crippen LogP contribution in [0.1, 0.15) is 45.2 Å². The second-order valence-corrected chi connectivity index (χ2v) is 6.12. The molecule has 0 aliphatic carbocycles. The Balaban J connectivity index is 2.41. The van der Waals surface area contributed by atoms with Crippen molar-refractivity contribution < 1.29 is 4.79 Å². The van der Waals surface area contributed by atoms with Crippen LogP contribution >= 0.6 is 0 Å². The van der Waals surface area contributed by atoms with Gasteiger partial charge < -0.3 is 11.1 Å². The lowest BCUT2D eigenvalue weighted by Gasteiger charge is -2.26. The fourth-order valence-electron chi connectivity index (χ4n) is 1.67. The first kappa shape index (κ1) is 15.7. The van der Waals surface area contributed by atoms with E-state index in [2.05, 4.69) is 57.3 Å². The molecule has 0 bridgehead atoms. The number of rotatable bonds is 5. The van der Waals surface area contributed by atoms with Gasteiger partial charge in [0.2, 0.25) is 5.91 Å². The van der Waals surface area contributed by atoms with Gasteiger partial charge in [0, 0.05) is 19.0 Å². The van der Waals surface area contributed by atoms with E-state index in [0.29, 0.717) is 13.0 Å². The quantitative estimate of drug-likeness (QED) is 0.857. The fourth-order valence-corrected chi connectivity index (χ4v) is 1.67. The van der Waals surface area contributed by atoms with Gasteiger partial charge >= 0.3 is 0 Å². The van der Waals surface area contributed by atoms with E-state index in [9.17, 15) is 4.79 Å². The molecule has 0 aromatic heterocycles. The minimum atomic E-state index is -0.116. The summed E-state index contributed by atoms with van der Waals surface area (Å²) in [6.07, 6.45) is 1.41. The van der Waals surface area contributed by atoms with Gasteiger partial charge in [-0.2, -0.15) is 0 Å². The Morgan fingerprint density at radius 1 is 1.21 bits per heavy atom. The minimum Gasteiger partial charge on any atom is -0.352 e. The smallest absolute Gasteiger partial charge is 0.221 e. The van der Waals surface area contributed by atoms with Gasteiger partial charge in [-0.25, -0.2) is 0 Å². The molecular formula is C16H26N2O. The zero-order valence-electron chi connectivity index (χ0n) is 12.5. The molecule has 0 aliphatic heterocycles. The normalized spacial score (nSPS) is 13.1. The lowest BCUT2D eigenvalue weighted by Crippen LogP contribution is -2.40. The van der Waals surface area contributed by atoms with Gasteiger partial charge in [0.05, 0.1) is 0 Å². The predicted octanol–water partition coefficient (Wildman–Crippen LogP) is 2.63. The summed E-state index contributed by atoms with van der Waals surface area (Å²) in [5.41, 5.74) is 8.39. The number of nitrogens with two attached hydrogens (primary N) is 1. The van der Waals surface area contributed by atoms with Gasteiger partial charge in [-0.05, 0) is 23.0 Å². The van der Waals surface area contributed by atoms with Crippen LogP contribution in [0.2, 0.25) is 0 Å². The Hall–Kier alpha value is -1.35. The van der Waals surface area contributed by atoms with Gasteiger partial charge in [0.15, 0.2) is 0 Å². The lowest BCUT2D eigenvalue weighted by atomic mass is 9.85. The van der Waals surface area contributed by atoms with E-state index >= 15 is 0 Å². The summed E-state index contributed by atoms with van der Waals surface area (Å²) in [4.78, 5) is 11.8. The molecule has 1 aromatic carbocycles. The van der Waals surface area contributed by atoms with Crippen molar-refractivity contribution in [2.45, 2.75) is 53.1 Å². The number of hydrogen-bond donors (Lipinski definition) is 2. The third-order valence-corrected chi connectivity index (χ3v) is 3.44. The molecule has 1 atom stereocenters. The SMILES string of the molecule is CCc1ccc(CNC(=O)CC(N)C(C)(C)C)cc1. The van der Waals surface area contributed by atoms with Crippen LogP contribution in [0.5, 0.6) is 0 Å². The first-order chi connectivity index (χ1) is 8.82. The number of nitrogens with one attached hydrogen (secondary N) is 1. The maximum atomic E-state index is 11.8. The third kappa shape index (κ3) is 5.43. The second-order valence-electron chi connectivity index (χ2n) is 6.12. The van der Waals surface area contributed by atoms with Crippen LogP contribution in [-0.2, 0) is 17.8 Å². The van der Waals surface area contributed by atoms with Crippen LogP contribution in [0.25, 0.3) is 0 Å². The summed E-state index contributed by atoms with van der Waals surface area (Å²) >= 11 is 0. The molecule has 3 heteroatoms. The van der Waals surface area contributed by atoms with E-state index < -0.39 is 0 Å². The van der Waals surface area contributed by atoms with Crippen LogP contribution in [0.3, 0.4) is 0 Å². The number of hydrogen-bond acceptors (Lipinski definition) is 2. The molecule has 1 amide bonds. The van der Waals surface area contributed by atoms with Crippen LogP contribution in [0.4, 0.5) is 0 Å². The number of carbonyl (C=O) groups is 1. The lowest BCUT2D eigenvalue weighted by molar-refractivity contribution is -0.122.